The molecule has 1 aromatic carbocycles. The third-order valence-corrected chi connectivity index (χ3v) is 3.94. The molecule has 0 N–H and O–H groups in total. The molecule has 2 aromatic rings. The number of nitrogens with zero attached hydrogens (tertiary/aromatic N) is 1. The lowest BCUT2D eigenvalue weighted by Gasteiger charge is -2.12. The largest absolute Gasteiger partial charge is 0.545 e. The number of fused-ring (bicyclic) bond motifs is 1. The fourth-order valence-corrected chi connectivity index (χ4v) is 3.03. The van der Waals surface area contributed by atoms with Crippen molar-refractivity contribution in [1.82, 2.24) is 4.57 Å². The minimum atomic E-state index is -1.51. The fraction of sp³-hybridized carbons (Fsp3) is 0.200. The van der Waals surface area contributed by atoms with E-state index in [-0.39, 0.29) is 11.1 Å². The Morgan fingerprint density at radius 1 is 1.05 bits per heavy atom. The fourth-order valence-electron chi connectivity index (χ4n) is 2.91. The first kappa shape index (κ1) is 13.7. The zero-order valence-corrected chi connectivity index (χ0v) is 11.6. The summed E-state index contributed by atoms with van der Waals surface area (Å²) in [5.74, 6) is -3.00. The zero-order valence-electron chi connectivity index (χ0n) is 10.9. The molecule has 0 atom stereocenters. The van der Waals surface area contributed by atoms with Crippen molar-refractivity contribution in [2.24, 2.45) is 0 Å². The summed E-state index contributed by atoms with van der Waals surface area (Å²) in [5, 5.41) is 23.3. The molecule has 108 valence electrons. The van der Waals surface area contributed by atoms with Gasteiger partial charge in [-0.1, -0.05) is 23.7 Å². The van der Waals surface area contributed by atoms with Crippen molar-refractivity contribution in [2.75, 3.05) is 0 Å². The van der Waals surface area contributed by atoms with Gasteiger partial charge in [0.2, 0.25) is 0 Å². The monoisotopic (exact) mass is 303 g/mol. The molecule has 0 saturated carbocycles. The molecule has 0 saturated heterocycles. The molecule has 0 unspecified atom stereocenters. The summed E-state index contributed by atoms with van der Waals surface area (Å²) in [6, 6.07) is 6.58. The lowest BCUT2D eigenvalue weighted by Crippen LogP contribution is -2.30. The normalized spacial score (nSPS) is 13.2. The van der Waals surface area contributed by atoms with Crippen LogP contribution in [0, 0.1) is 0 Å². The predicted octanol–water partition coefficient (Wildman–Crippen LogP) is 0.482. The predicted molar refractivity (Wildman–Crippen MR) is 71.9 cm³/mol. The first-order chi connectivity index (χ1) is 10.0. The smallest absolute Gasteiger partial charge is 0.0743 e. The van der Waals surface area contributed by atoms with Crippen molar-refractivity contribution in [3.05, 3.63) is 46.1 Å². The van der Waals surface area contributed by atoms with Crippen molar-refractivity contribution in [3.8, 4) is 11.3 Å². The first-order valence-corrected chi connectivity index (χ1v) is 6.82. The Hall–Kier alpha value is -2.27. The minimum Gasteiger partial charge on any atom is -0.545 e. The van der Waals surface area contributed by atoms with Gasteiger partial charge in [-0.05, 0) is 30.5 Å². The number of hydrogen-bond donors (Lipinski definition) is 0. The summed E-state index contributed by atoms with van der Waals surface area (Å²) in [5.41, 5.74) is 0.844. The summed E-state index contributed by atoms with van der Waals surface area (Å²) >= 11 is 5.83. The Kier molecular flexibility index (Phi) is 3.22. The topological polar surface area (TPSA) is 85.2 Å². The summed E-state index contributed by atoms with van der Waals surface area (Å²) in [6.07, 6.45) is 1.28. The third-order valence-electron chi connectivity index (χ3n) is 3.69. The van der Waals surface area contributed by atoms with Crippen molar-refractivity contribution < 1.29 is 19.8 Å². The zero-order chi connectivity index (χ0) is 15.1. The van der Waals surface area contributed by atoms with E-state index in [0.717, 1.165) is 6.42 Å². The molecular formula is C15H10ClNO4-2. The van der Waals surface area contributed by atoms with Crippen LogP contribution in [0.5, 0.6) is 0 Å². The van der Waals surface area contributed by atoms with Crippen molar-refractivity contribution in [1.29, 1.82) is 0 Å². The van der Waals surface area contributed by atoms with Gasteiger partial charge in [0, 0.05) is 28.4 Å². The van der Waals surface area contributed by atoms with E-state index in [4.69, 9.17) is 11.6 Å². The molecule has 1 aliphatic heterocycles. The van der Waals surface area contributed by atoms with Crippen LogP contribution in [0.15, 0.2) is 24.3 Å². The van der Waals surface area contributed by atoms with E-state index in [1.165, 1.54) is 0 Å². The van der Waals surface area contributed by atoms with Crippen LogP contribution in [0.1, 0.15) is 32.8 Å². The van der Waals surface area contributed by atoms with E-state index >= 15 is 0 Å². The molecule has 0 spiro atoms. The van der Waals surface area contributed by atoms with Crippen LogP contribution in [0.3, 0.4) is 0 Å². The van der Waals surface area contributed by atoms with E-state index < -0.39 is 11.9 Å². The third kappa shape index (κ3) is 2.10. The number of benzene rings is 1. The maximum atomic E-state index is 11.5. The van der Waals surface area contributed by atoms with Crippen LogP contribution in [0.2, 0.25) is 5.02 Å². The Morgan fingerprint density at radius 2 is 1.67 bits per heavy atom. The molecule has 0 radical (unpaired) electrons. The van der Waals surface area contributed by atoms with Gasteiger partial charge in [-0.3, -0.25) is 0 Å². The van der Waals surface area contributed by atoms with Crippen molar-refractivity contribution in [2.45, 2.75) is 19.4 Å². The number of carboxylic acids is 2. The van der Waals surface area contributed by atoms with E-state index in [1.54, 1.807) is 28.8 Å². The highest BCUT2D eigenvalue weighted by Gasteiger charge is 2.27. The quantitative estimate of drug-likeness (QED) is 0.825. The molecule has 1 aromatic heterocycles. The maximum absolute atomic E-state index is 11.5. The Morgan fingerprint density at radius 3 is 2.24 bits per heavy atom. The highest BCUT2D eigenvalue weighted by molar-refractivity contribution is 6.30. The van der Waals surface area contributed by atoms with Crippen molar-refractivity contribution in [3.63, 3.8) is 0 Å². The summed E-state index contributed by atoms with van der Waals surface area (Å²) in [6.45, 7) is 0.570. The highest BCUT2D eigenvalue weighted by Crippen LogP contribution is 2.35. The second-order valence-electron chi connectivity index (χ2n) is 4.88. The van der Waals surface area contributed by atoms with Gasteiger partial charge in [0.25, 0.3) is 0 Å². The molecule has 0 fully saturated rings. The van der Waals surface area contributed by atoms with E-state index in [9.17, 15) is 19.8 Å². The number of carbonyl (C=O) groups is 2. The molecule has 0 amide bonds. The highest BCUT2D eigenvalue weighted by atomic mass is 35.5. The standard InChI is InChI=1S/C15H12ClNO4/c16-9-5-3-8(4-6-9)13-12(15(20)21)11(14(18)19)10-2-1-7-17(10)13/h3-6H,1-2,7H2,(H,18,19)(H,20,21)/p-2. The van der Waals surface area contributed by atoms with E-state index in [2.05, 4.69) is 0 Å². The molecule has 6 heteroatoms. The Labute approximate surface area is 125 Å². The van der Waals surface area contributed by atoms with E-state index in [1.807, 2.05) is 0 Å². The second kappa shape index (κ2) is 4.93. The molecule has 21 heavy (non-hydrogen) atoms. The minimum absolute atomic E-state index is 0.266. The van der Waals surface area contributed by atoms with Gasteiger partial charge in [-0.2, -0.15) is 0 Å². The number of hydrogen-bond acceptors (Lipinski definition) is 4. The maximum Gasteiger partial charge on any atom is 0.0743 e. The van der Waals surface area contributed by atoms with Gasteiger partial charge in [0.15, 0.2) is 0 Å². The summed E-state index contributed by atoms with van der Waals surface area (Å²) in [7, 11) is 0. The van der Waals surface area contributed by atoms with E-state index in [0.29, 0.717) is 34.9 Å². The van der Waals surface area contributed by atoms with Gasteiger partial charge in [-0.25, -0.2) is 0 Å². The van der Waals surface area contributed by atoms with Crippen LogP contribution < -0.4 is 10.2 Å². The number of rotatable bonds is 3. The SMILES string of the molecule is O=C([O-])c1c(C(=O)[O-])c(-c2ccc(Cl)cc2)n2c1CCC2. The lowest BCUT2D eigenvalue weighted by molar-refractivity contribution is -0.259. The molecule has 2 heterocycles. The second-order valence-corrected chi connectivity index (χ2v) is 5.32. The Bertz CT molecular complexity index is 746. The first-order valence-electron chi connectivity index (χ1n) is 6.44. The van der Waals surface area contributed by atoms with Crippen LogP contribution in [0.4, 0.5) is 0 Å². The molecule has 0 bridgehead atoms. The van der Waals surface area contributed by atoms with Crippen LogP contribution in [-0.2, 0) is 13.0 Å². The average Bonchev–Trinajstić information content (AvgIpc) is 2.98. The van der Waals surface area contributed by atoms with Crippen LogP contribution in [0.25, 0.3) is 11.3 Å². The molecular weight excluding hydrogens is 294 g/mol. The number of aromatic nitrogens is 1. The van der Waals surface area contributed by atoms with Crippen LogP contribution >= 0.6 is 11.6 Å². The summed E-state index contributed by atoms with van der Waals surface area (Å²) < 4.78 is 1.72. The molecule has 0 aliphatic carbocycles. The number of halogens is 1. The number of carbonyl (C=O) groups excluding carboxylic acids is 2. The lowest BCUT2D eigenvalue weighted by atomic mass is 10.0. The average molecular weight is 304 g/mol. The van der Waals surface area contributed by atoms with Gasteiger partial charge < -0.3 is 24.4 Å². The van der Waals surface area contributed by atoms with Crippen LogP contribution in [-0.4, -0.2) is 16.5 Å². The molecule has 3 rings (SSSR count). The Balaban J connectivity index is 2.33. The van der Waals surface area contributed by atoms with Gasteiger partial charge in [0.05, 0.1) is 17.6 Å². The number of carboxylic acid groups (broad SMARTS) is 2. The summed E-state index contributed by atoms with van der Waals surface area (Å²) in [4.78, 5) is 22.8. The molecule has 1 aliphatic rings. The van der Waals surface area contributed by atoms with Gasteiger partial charge >= 0.3 is 0 Å². The molecule has 5 nitrogen and oxygen atoms in total. The van der Waals surface area contributed by atoms with Crippen molar-refractivity contribution >= 4 is 23.5 Å². The van der Waals surface area contributed by atoms with Gasteiger partial charge in [-0.15, -0.1) is 0 Å². The number of aromatic carboxylic acids is 2. The van der Waals surface area contributed by atoms with Gasteiger partial charge in [0.1, 0.15) is 0 Å².